The molecule has 0 saturated carbocycles. The van der Waals surface area contributed by atoms with Crippen molar-refractivity contribution in [3.05, 3.63) is 0 Å². The minimum atomic E-state index is -0.966. The van der Waals surface area contributed by atoms with Gasteiger partial charge in [0.05, 0.1) is 6.61 Å². The van der Waals surface area contributed by atoms with Crippen LogP contribution in [0.2, 0.25) is 0 Å². The highest BCUT2D eigenvalue weighted by Gasteiger charge is 2.53. The van der Waals surface area contributed by atoms with E-state index in [0.29, 0.717) is 0 Å². The molecule has 1 rings (SSSR count). The summed E-state index contributed by atoms with van der Waals surface area (Å²) in [6, 6.07) is 0. The molecular weight excluding hydrogens is 222 g/mol. The van der Waals surface area contributed by atoms with Gasteiger partial charge in [0.2, 0.25) is 0 Å². The Kier molecular flexibility index (Phi) is 3.27. The summed E-state index contributed by atoms with van der Waals surface area (Å²) in [5.41, 5.74) is -2.40. The van der Waals surface area contributed by atoms with Crippen molar-refractivity contribution in [2.45, 2.75) is 58.4 Å². The van der Waals surface area contributed by atoms with Crippen LogP contribution >= 0.6 is 0 Å². The molecule has 17 heavy (non-hydrogen) atoms. The maximum absolute atomic E-state index is 12.1. The second-order valence-corrected chi connectivity index (χ2v) is 6.03. The highest BCUT2D eigenvalue weighted by atomic mass is 16.6. The summed E-state index contributed by atoms with van der Waals surface area (Å²) in [4.78, 5) is 24.6. The normalized spacial score (nSPS) is 28.0. The maximum atomic E-state index is 12.1. The standard InChI is InChI=1S/C12H21NO4/c1-10(2,3)17-9(15)13-11(4,5)16-8-12(13,6)7-14/h7H,8H2,1-6H3/t12-/m0/s1. The van der Waals surface area contributed by atoms with Gasteiger partial charge in [0.1, 0.15) is 23.2 Å². The van der Waals surface area contributed by atoms with Crippen molar-refractivity contribution in [1.82, 2.24) is 4.90 Å². The van der Waals surface area contributed by atoms with E-state index < -0.39 is 23.0 Å². The van der Waals surface area contributed by atoms with Gasteiger partial charge in [0, 0.05) is 0 Å². The third-order valence-electron chi connectivity index (χ3n) is 2.60. The van der Waals surface area contributed by atoms with E-state index in [1.54, 1.807) is 41.5 Å². The summed E-state index contributed by atoms with van der Waals surface area (Å²) >= 11 is 0. The van der Waals surface area contributed by atoms with Crippen molar-refractivity contribution in [1.29, 1.82) is 0 Å². The van der Waals surface area contributed by atoms with Crippen LogP contribution in [0.4, 0.5) is 4.79 Å². The highest BCUT2D eigenvalue weighted by molar-refractivity contribution is 5.78. The molecule has 0 radical (unpaired) electrons. The molecule has 0 aliphatic carbocycles. The van der Waals surface area contributed by atoms with Gasteiger partial charge in [-0.3, -0.25) is 4.90 Å². The molecule has 0 aromatic carbocycles. The molecule has 1 heterocycles. The van der Waals surface area contributed by atoms with Gasteiger partial charge >= 0.3 is 6.09 Å². The van der Waals surface area contributed by atoms with Crippen molar-refractivity contribution in [2.24, 2.45) is 0 Å². The first kappa shape index (κ1) is 14.0. The molecule has 0 aromatic heterocycles. The molecule has 1 amide bonds. The molecule has 1 fully saturated rings. The van der Waals surface area contributed by atoms with Gasteiger partial charge in [0.15, 0.2) is 0 Å². The zero-order valence-corrected chi connectivity index (χ0v) is 11.4. The Morgan fingerprint density at radius 1 is 1.35 bits per heavy atom. The number of aldehydes is 1. The minimum absolute atomic E-state index is 0.183. The second-order valence-electron chi connectivity index (χ2n) is 6.03. The molecule has 5 nitrogen and oxygen atoms in total. The van der Waals surface area contributed by atoms with Crippen LogP contribution in [0.15, 0.2) is 0 Å². The fourth-order valence-corrected chi connectivity index (χ4v) is 1.89. The number of hydrogen-bond acceptors (Lipinski definition) is 4. The Balaban J connectivity index is 2.99. The smallest absolute Gasteiger partial charge is 0.413 e. The zero-order valence-electron chi connectivity index (χ0n) is 11.4. The topological polar surface area (TPSA) is 55.8 Å². The maximum Gasteiger partial charge on any atom is 0.413 e. The van der Waals surface area contributed by atoms with E-state index in [1.807, 2.05) is 0 Å². The lowest BCUT2D eigenvalue weighted by Gasteiger charge is -2.37. The SMILES string of the molecule is CC(C)(C)OC(=O)N1C(C)(C)OC[C@]1(C)C=O. The molecule has 1 atom stereocenters. The number of nitrogens with zero attached hydrogens (tertiary/aromatic N) is 1. The molecule has 5 heteroatoms. The first-order valence-electron chi connectivity index (χ1n) is 5.65. The van der Waals surface area contributed by atoms with Gasteiger partial charge in [0.25, 0.3) is 0 Å². The summed E-state index contributed by atoms with van der Waals surface area (Å²) < 4.78 is 10.8. The molecular formula is C12H21NO4. The average Bonchev–Trinajstić information content (AvgIpc) is 2.35. The highest BCUT2D eigenvalue weighted by Crippen LogP contribution is 2.34. The van der Waals surface area contributed by atoms with Crippen molar-refractivity contribution in [3.63, 3.8) is 0 Å². The van der Waals surface area contributed by atoms with E-state index in [2.05, 4.69) is 0 Å². The van der Waals surface area contributed by atoms with E-state index in [-0.39, 0.29) is 6.61 Å². The number of hydrogen-bond donors (Lipinski definition) is 0. The van der Waals surface area contributed by atoms with E-state index in [0.717, 1.165) is 6.29 Å². The quantitative estimate of drug-likeness (QED) is 0.660. The minimum Gasteiger partial charge on any atom is -0.444 e. The predicted molar refractivity (Wildman–Crippen MR) is 62.6 cm³/mol. The van der Waals surface area contributed by atoms with Gasteiger partial charge in [-0.25, -0.2) is 4.79 Å². The van der Waals surface area contributed by atoms with Crippen LogP contribution in [-0.4, -0.2) is 40.8 Å². The van der Waals surface area contributed by atoms with Crippen LogP contribution in [0.3, 0.4) is 0 Å². The summed E-state index contributed by atoms with van der Waals surface area (Å²) in [5, 5.41) is 0. The van der Waals surface area contributed by atoms with Gasteiger partial charge in [-0.05, 0) is 41.5 Å². The molecule has 0 N–H and O–H groups in total. The summed E-state index contributed by atoms with van der Waals surface area (Å²) in [5.74, 6) is 0. The largest absolute Gasteiger partial charge is 0.444 e. The summed E-state index contributed by atoms with van der Waals surface area (Å²) in [6.45, 7) is 10.7. The van der Waals surface area contributed by atoms with Crippen molar-refractivity contribution in [3.8, 4) is 0 Å². The lowest BCUT2D eigenvalue weighted by Crippen LogP contribution is -2.56. The Bertz CT molecular complexity index is 332. The Morgan fingerprint density at radius 3 is 2.29 bits per heavy atom. The van der Waals surface area contributed by atoms with Crippen LogP contribution in [0.5, 0.6) is 0 Å². The van der Waals surface area contributed by atoms with Crippen LogP contribution in [-0.2, 0) is 14.3 Å². The van der Waals surface area contributed by atoms with E-state index in [1.165, 1.54) is 4.90 Å². The van der Waals surface area contributed by atoms with Crippen LogP contribution < -0.4 is 0 Å². The molecule has 0 aromatic rings. The van der Waals surface area contributed by atoms with E-state index in [4.69, 9.17) is 9.47 Å². The number of carbonyl (C=O) groups is 2. The fourth-order valence-electron chi connectivity index (χ4n) is 1.89. The Labute approximate surface area is 102 Å². The molecule has 0 unspecified atom stereocenters. The third kappa shape index (κ3) is 2.77. The summed E-state index contributed by atoms with van der Waals surface area (Å²) in [7, 11) is 0. The van der Waals surface area contributed by atoms with Gasteiger partial charge in [-0.15, -0.1) is 0 Å². The van der Waals surface area contributed by atoms with E-state index in [9.17, 15) is 9.59 Å². The third-order valence-corrected chi connectivity index (χ3v) is 2.60. The lowest BCUT2D eigenvalue weighted by atomic mass is 10.0. The lowest BCUT2D eigenvalue weighted by molar-refractivity contribution is -0.118. The monoisotopic (exact) mass is 243 g/mol. The molecule has 1 aliphatic rings. The average molecular weight is 243 g/mol. The second kappa shape index (κ2) is 3.98. The Morgan fingerprint density at radius 2 is 1.88 bits per heavy atom. The molecule has 0 spiro atoms. The molecule has 1 aliphatic heterocycles. The van der Waals surface area contributed by atoms with Gasteiger partial charge < -0.3 is 14.3 Å². The van der Waals surface area contributed by atoms with Gasteiger partial charge in [-0.1, -0.05) is 0 Å². The van der Waals surface area contributed by atoms with Crippen molar-refractivity contribution < 1.29 is 19.1 Å². The van der Waals surface area contributed by atoms with Crippen LogP contribution in [0, 0.1) is 0 Å². The van der Waals surface area contributed by atoms with E-state index >= 15 is 0 Å². The van der Waals surface area contributed by atoms with Crippen LogP contribution in [0.25, 0.3) is 0 Å². The zero-order chi connectivity index (χ0) is 13.5. The first-order chi connectivity index (χ1) is 7.52. The fraction of sp³-hybridized carbons (Fsp3) is 0.833. The number of carbonyl (C=O) groups excluding carboxylic acids is 2. The molecule has 1 saturated heterocycles. The molecule has 0 bridgehead atoms. The number of ether oxygens (including phenoxy) is 2. The van der Waals surface area contributed by atoms with Gasteiger partial charge in [-0.2, -0.15) is 0 Å². The predicted octanol–water partition coefficient (Wildman–Crippen LogP) is 1.95. The number of rotatable bonds is 1. The first-order valence-corrected chi connectivity index (χ1v) is 5.65. The number of amides is 1. The molecule has 98 valence electrons. The van der Waals surface area contributed by atoms with Crippen molar-refractivity contribution >= 4 is 12.4 Å². The summed E-state index contributed by atoms with van der Waals surface area (Å²) in [6.07, 6.45) is 0.195. The Hall–Kier alpha value is -1.10. The van der Waals surface area contributed by atoms with Crippen LogP contribution in [0.1, 0.15) is 41.5 Å². The van der Waals surface area contributed by atoms with Crippen molar-refractivity contribution in [2.75, 3.05) is 6.61 Å².